The number of halogens is 5. The first-order valence-corrected chi connectivity index (χ1v) is 10.8. The molecule has 0 radical (unpaired) electrons. The van der Waals surface area contributed by atoms with Gasteiger partial charge in [0.2, 0.25) is 5.52 Å². The lowest BCUT2D eigenvalue weighted by molar-refractivity contribution is -0.112. The van der Waals surface area contributed by atoms with E-state index < -0.39 is 22.6 Å². The molecule has 0 saturated carbocycles. The summed E-state index contributed by atoms with van der Waals surface area (Å²) in [6.45, 7) is 1.37. The molecule has 86 valence electrons. The summed E-state index contributed by atoms with van der Waals surface area (Å²) in [5.41, 5.74) is 4.23. The Morgan fingerprint density at radius 1 is 1.14 bits per heavy atom. The Morgan fingerprint density at radius 2 is 1.36 bits per heavy atom. The quantitative estimate of drug-likeness (QED) is 0.757. The molecule has 0 saturated heterocycles. The Morgan fingerprint density at radius 3 is 1.36 bits per heavy atom. The summed E-state index contributed by atoms with van der Waals surface area (Å²) in [5.74, 6) is -3.63. The lowest BCUT2D eigenvalue weighted by Crippen LogP contribution is -2.24. The van der Waals surface area contributed by atoms with E-state index in [-0.39, 0.29) is 0 Å². The molecular weight excluding hydrogens is 337 g/mol. The van der Waals surface area contributed by atoms with Crippen LogP contribution in [0.3, 0.4) is 0 Å². The third-order valence-electron chi connectivity index (χ3n) is 0.646. The van der Waals surface area contributed by atoms with E-state index in [0.717, 1.165) is 0 Å². The summed E-state index contributed by atoms with van der Waals surface area (Å²) < 4.78 is 20.0. The van der Waals surface area contributed by atoms with Crippen molar-refractivity contribution in [2.45, 2.75) is 13.0 Å². The molecule has 0 amide bonds. The molecule has 0 fully saturated rings. The predicted molar refractivity (Wildman–Crippen MR) is 63.1 cm³/mol. The third-order valence-corrected chi connectivity index (χ3v) is 2.57. The second-order valence-electron chi connectivity index (χ2n) is 1.99. The molecule has 0 rings (SSSR count). The van der Waals surface area contributed by atoms with E-state index in [4.69, 9.17) is 28.2 Å². The summed E-state index contributed by atoms with van der Waals surface area (Å²) in [6.07, 6.45) is 0. The number of hydrogen-bond donors (Lipinski definition) is 1. The van der Waals surface area contributed by atoms with Crippen LogP contribution in [0.15, 0.2) is 0 Å². The van der Waals surface area contributed by atoms with E-state index in [1.807, 2.05) is 0 Å². The summed E-state index contributed by atoms with van der Waals surface area (Å²) in [7, 11) is 0. The van der Waals surface area contributed by atoms with Crippen molar-refractivity contribution in [3.05, 3.63) is 0 Å². The normalized spacial score (nSPS) is 13.9. The van der Waals surface area contributed by atoms with Crippen molar-refractivity contribution in [2.24, 2.45) is 5.73 Å². The first kappa shape index (κ1) is 17.9. The monoisotopic (exact) mass is 341 g/mol. The first-order valence-electron chi connectivity index (χ1n) is 2.84. The molecular formula is C3H6Cl5NO3P2. The van der Waals surface area contributed by atoms with E-state index in [2.05, 4.69) is 33.7 Å². The van der Waals surface area contributed by atoms with Crippen molar-refractivity contribution in [1.29, 1.82) is 0 Å². The molecule has 0 aromatic rings. The van der Waals surface area contributed by atoms with Gasteiger partial charge in [-0.25, -0.2) is 0 Å². The van der Waals surface area contributed by atoms with E-state index in [1.165, 1.54) is 6.92 Å². The zero-order valence-corrected chi connectivity index (χ0v) is 12.2. The maximum atomic E-state index is 10.5. The Bertz CT molecular complexity index is 274. The average molecular weight is 343 g/mol. The van der Waals surface area contributed by atoms with Gasteiger partial charge in [-0.1, -0.05) is 0 Å². The van der Waals surface area contributed by atoms with Gasteiger partial charge in [0.1, 0.15) is 0 Å². The summed E-state index contributed by atoms with van der Waals surface area (Å²) in [4.78, 5) is 10.5. The molecule has 0 aliphatic rings. The van der Waals surface area contributed by atoms with Gasteiger partial charge in [-0.05, 0) is 63.1 Å². The SMILES string of the molecule is C[C@H](N)C(=O)P(=O)(Cl)Cl.O=P(Cl)(Cl)Cl. The molecule has 0 aliphatic carbocycles. The van der Waals surface area contributed by atoms with Gasteiger partial charge >= 0.3 is 11.0 Å². The van der Waals surface area contributed by atoms with Crippen molar-refractivity contribution in [2.75, 3.05) is 0 Å². The first-order chi connectivity index (χ1) is 5.85. The highest BCUT2D eigenvalue weighted by Crippen LogP contribution is 2.61. The van der Waals surface area contributed by atoms with E-state index in [1.54, 1.807) is 0 Å². The molecule has 0 heterocycles. The van der Waals surface area contributed by atoms with Gasteiger partial charge in [-0.3, -0.25) is 13.9 Å². The number of rotatable bonds is 2. The molecule has 0 unspecified atom stereocenters. The van der Waals surface area contributed by atoms with Gasteiger partial charge in [0.25, 0.3) is 0 Å². The molecule has 11 heteroatoms. The molecule has 1 atom stereocenters. The maximum Gasteiger partial charge on any atom is 0.339 e. The fraction of sp³-hybridized carbons (Fsp3) is 0.667. The van der Waals surface area contributed by atoms with Gasteiger partial charge in [0.15, 0.2) is 0 Å². The highest BCUT2D eigenvalue weighted by molar-refractivity contribution is 8.24. The van der Waals surface area contributed by atoms with E-state index in [9.17, 15) is 13.9 Å². The number of hydrogen-bond acceptors (Lipinski definition) is 4. The second kappa shape index (κ2) is 6.98. The van der Waals surface area contributed by atoms with Crippen LogP contribution in [0.2, 0.25) is 0 Å². The van der Waals surface area contributed by atoms with Crippen molar-refractivity contribution in [1.82, 2.24) is 0 Å². The lowest BCUT2D eigenvalue weighted by atomic mass is 10.4. The minimum atomic E-state index is -3.63. The van der Waals surface area contributed by atoms with Crippen LogP contribution in [0, 0.1) is 0 Å². The van der Waals surface area contributed by atoms with Crippen LogP contribution >= 0.6 is 67.3 Å². The van der Waals surface area contributed by atoms with E-state index in [0.29, 0.717) is 0 Å². The predicted octanol–water partition coefficient (Wildman–Crippen LogP) is 4.34. The maximum absolute atomic E-state index is 10.5. The van der Waals surface area contributed by atoms with Crippen molar-refractivity contribution in [3.8, 4) is 0 Å². The van der Waals surface area contributed by atoms with Crippen molar-refractivity contribution >= 4 is 72.8 Å². The van der Waals surface area contributed by atoms with Gasteiger partial charge in [0, 0.05) is 0 Å². The smallest absolute Gasteiger partial charge is 0.321 e. The molecule has 0 spiro atoms. The van der Waals surface area contributed by atoms with Crippen molar-refractivity contribution < 1.29 is 13.9 Å². The van der Waals surface area contributed by atoms with Gasteiger partial charge in [-0.15, -0.1) is 0 Å². The Labute approximate surface area is 105 Å². The molecule has 14 heavy (non-hydrogen) atoms. The minimum absolute atomic E-state index is 0.800. The summed E-state index contributed by atoms with van der Waals surface area (Å²) in [6, 6.07) is -0.856. The van der Waals surface area contributed by atoms with Crippen LogP contribution in [-0.4, -0.2) is 11.6 Å². The molecule has 0 bridgehead atoms. The number of carbonyl (C=O) groups excluding carboxylic acids is 1. The third kappa shape index (κ3) is 16.0. The fourth-order valence-electron chi connectivity index (χ4n) is 0.237. The van der Waals surface area contributed by atoms with Crippen LogP contribution < -0.4 is 5.73 Å². The van der Waals surface area contributed by atoms with Crippen LogP contribution in [0.1, 0.15) is 6.92 Å². The van der Waals surface area contributed by atoms with Gasteiger partial charge < -0.3 is 5.73 Å². The zero-order valence-electron chi connectivity index (χ0n) is 6.66. The molecule has 4 nitrogen and oxygen atoms in total. The second-order valence-corrected chi connectivity index (χ2v) is 13.4. The van der Waals surface area contributed by atoms with Crippen molar-refractivity contribution in [3.63, 3.8) is 0 Å². The zero-order chi connectivity index (χ0) is 12.2. The number of nitrogens with two attached hydrogens (primary N) is 1. The highest BCUT2D eigenvalue weighted by Gasteiger charge is 2.28. The molecule has 0 aliphatic heterocycles. The molecule has 0 aromatic carbocycles. The largest absolute Gasteiger partial charge is 0.339 e. The molecule has 2 N–H and O–H groups in total. The molecule has 0 aromatic heterocycles. The van der Waals surface area contributed by atoms with Crippen LogP contribution in [0.4, 0.5) is 0 Å². The van der Waals surface area contributed by atoms with E-state index >= 15 is 0 Å². The Balaban J connectivity index is 0. The van der Waals surface area contributed by atoms with Crippen LogP contribution in [0.25, 0.3) is 0 Å². The Kier molecular flexibility index (Phi) is 8.94. The standard InChI is InChI=1S/C3H6Cl2NO2P.Cl3OP/c1-2(6)3(7)9(4,5)8;1-5(2,3)4/h2H,6H2,1H3;/t2-;/m0./s1. The minimum Gasteiger partial charge on any atom is -0.321 e. The van der Waals surface area contributed by atoms with Gasteiger partial charge in [0.05, 0.1) is 6.04 Å². The number of carbonyl (C=O) groups is 1. The fourth-order valence-corrected chi connectivity index (χ4v) is 1.63. The average Bonchev–Trinajstić information content (AvgIpc) is 1.79. The van der Waals surface area contributed by atoms with Gasteiger partial charge in [-0.2, -0.15) is 0 Å². The highest BCUT2D eigenvalue weighted by atomic mass is 36.0. The van der Waals surface area contributed by atoms with Crippen LogP contribution in [-0.2, 0) is 13.9 Å². The summed E-state index contributed by atoms with van der Waals surface area (Å²) in [5, 5.41) is -3.22. The van der Waals surface area contributed by atoms with Crippen LogP contribution in [0.5, 0.6) is 0 Å². The lowest BCUT2D eigenvalue weighted by Gasteiger charge is -2.02. The Hall–Kier alpha value is 1.54. The topological polar surface area (TPSA) is 77.2 Å². The summed E-state index contributed by atoms with van der Waals surface area (Å²) >= 11 is 23.8.